The minimum atomic E-state index is -2.69. The summed E-state index contributed by atoms with van der Waals surface area (Å²) in [5.41, 5.74) is 1.15. The summed E-state index contributed by atoms with van der Waals surface area (Å²) in [4.78, 5) is 27.5. The second-order valence-corrected chi connectivity index (χ2v) is 12.1. The minimum Gasteiger partial charge on any atom is -0.547 e. The molecule has 0 radical (unpaired) electrons. The average Bonchev–Trinajstić information content (AvgIpc) is 3.47. The maximum atomic E-state index is 14.1. The van der Waals surface area contributed by atoms with Crippen molar-refractivity contribution in [3.63, 3.8) is 0 Å². The molecule has 0 spiro atoms. The number of piperidine rings is 1. The number of benzene rings is 3. The Morgan fingerprint density at radius 2 is 1.62 bits per heavy atom. The Morgan fingerprint density at radius 1 is 0.936 bits per heavy atom. The molecule has 1 aromatic heterocycles. The first kappa shape index (κ1) is 29.7. The maximum absolute atomic E-state index is 14.1. The standard InChI is InChI=1S/C34H35NO10S.Li/c36-21-8-4-20(5-9-21)32-26(27(37)19-6-10-22(11-7-19)43-17-16-35-14-2-1-3-15-35)24-13-12-23(18-25(24)46-32)44-34-30(40)28(38)29(39)31(45-34)33(41)42;/h4-13,18,28-31,34,36,38-40H,1-3,14-17H2,(H,41,42);/q;+1/p-1/t28-,29+,30?,31?,34-;/m1./s1/i16D2,17D2;. The van der Waals surface area contributed by atoms with Crippen LogP contribution in [0.4, 0.5) is 0 Å². The van der Waals surface area contributed by atoms with Crippen molar-refractivity contribution in [3.05, 3.63) is 77.9 Å². The number of phenolic OH excluding ortho intramolecular Hbond substituents is 1. The van der Waals surface area contributed by atoms with Gasteiger partial charge in [0.2, 0.25) is 6.29 Å². The molecule has 3 heterocycles. The number of ketones is 1. The van der Waals surface area contributed by atoms with Crippen LogP contribution >= 0.6 is 11.3 Å². The monoisotopic (exact) mass is 659 g/mol. The van der Waals surface area contributed by atoms with Crippen molar-refractivity contribution in [2.45, 2.75) is 50.0 Å². The number of hydrogen-bond donors (Lipinski definition) is 4. The number of fused-ring (bicyclic) bond motifs is 1. The van der Waals surface area contributed by atoms with E-state index in [4.69, 9.17) is 19.7 Å². The quantitative estimate of drug-likeness (QED) is 0.126. The molecule has 2 aliphatic rings. The number of ether oxygens (including phenoxy) is 3. The number of phenols is 1. The molecule has 2 fully saturated rings. The van der Waals surface area contributed by atoms with E-state index in [1.54, 1.807) is 18.2 Å². The summed E-state index contributed by atoms with van der Waals surface area (Å²) in [6, 6.07) is 16.5. The molecule has 11 nitrogen and oxygen atoms in total. The summed E-state index contributed by atoms with van der Waals surface area (Å²) < 4.78 is 50.6. The Balaban J connectivity index is 0.00000504. The number of rotatable bonds is 10. The molecule has 4 aromatic rings. The number of likely N-dealkylation sites (tertiary alicyclic amines) is 1. The third kappa shape index (κ3) is 7.67. The smallest absolute Gasteiger partial charge is 0.547 e. The van der Waals surface area contributed by atoms with Crippen LogP contribution in [0.25, 0.3) is 20.5 Å². The molecule has 47 heavy (non-hydrogen) atoms. The molecule has 6 rings (SSSR count). The van der Waals surface area contributed by atoms with E-state index < -0.39 is 55.5 Å². The minimum absolute atomic E-state index is 0. The summed E-state index contributed by atoms with van der Waals surface area (Å²) in [6.45, 7) is -4.24. The van der Waals surface area contributed by atoms with Gasteiger partial charge in [0.15, 0.2) is 5.78 Å². The average molecular weight is 660 g/mol. The van der Waals surface area contributed by atoms with Gasteiger partial charge < -0.3 is 44.5 Å². The van der Waals surface area contributed by atoms with E-state index in [9.17, 15) is 35.1 Å². The summed E-state index contributed by atoms with van der Waals surface area (Å²) in [7, 11) is 0. The number of carboxylic acids is 1. The number of carbonyl (C=O) groups is 2. The van der Waals surface area contributed by atoms with Gasteiger partial charge in [-0.1, -0.05) is 6.42 Å². The van der Waals surface area contributed by atoms with Gasteiger partial charge in [-0.25, -0.2) is 0 Å². The molecule has 2 unspecified atom stereocenters. The fourth-order valence-electron chi connectivity index (χ4n) is 5.44. The summed E-state index contributed by atoms with van der Waals surface area (Å²) in [5, 5.41) is 52.3. The summed E-state index contributed by atoms with van der Waals surface area (Å²) in [6.07, 6.45) is -6.77. The topological polar surface area (TPSA) is 169 Å². The number of aliphatic hydroxyl groups excluding tert-OH is 3. The molecule has 2 saturated heterocycles. The zero-order chi connectivity index (χ0) is 36.0. The molecule has 242 valence electrons. The van der Waals surface area contributed by atoms with Crippen LogP contribution in [0.3, 0.4) is 0 Å². The van der Waals surface area contributed by atoms with Crippen LogP contribution in [0.5, 0.6) is 17.2 Å². The van der Waals surface area contributed by atoms with Crippen molar-refractivity contribution in [3.8, 4) is 27.7 Å². The SMILES string of the molecule is [2H]C([2H])(Oc1ccc(C(=O)c2c(-c3ccc(O)cc3)sc3cc(O[C@@H]4OC(C(=O)[O-])[C@@H](O)[C@@H](O)C4O)ccc23)cc1)C([2H])([2H])N1CCCCC1.[Li+]. The van der Waals surface area contributed by atoms with Gasteiger partial charge in [0.1, 0.15) is 48.2 Å². The zero-order valence-electron chi connectivity index (χ0n) is 29.4. The van der Waals surface area contributed by atoms with Crippen LogP contribution in [-0.2, 0) is 9.53 Å². The normalized spacial score (nSPS) is 25.0. The Kier molecular flexibility index (Phi) is 9.59. The van der Waals surface area contributed by atoms with Crippen molar-refractivity contribution in [2.24, 2.45) is 0 Å². The van der Waals surface area contributed by atoms with Crippen LogP contribution in [-0.4, -0.2) is 93.9 Å². The van der Waals surface area contributed by atoms with Crippen LogP contribution in [0.2, 0.25) is 0 Å². The predicted molar refractivity (Wildman–Crippen MR) is 167 cm³/mol. The molecule has 13 heteroatoms. The van der Waals surface area contributed by atoms with E-state index in [0.717, 1.165) is 19.3 Å². The first-order chi connectivity index (χ1) is 23.7. The molecular formula is C34H34LiNO10S. The Labute approximate surface area is 292 Å². The number of thiophene rings is 1. The van der Waals surface area contributed by atoms with Gasteiger partial charge >= 0.3 is 18.9 Å². The zero-order valence-corrected chi connectivity index (χ0v) is 26.2. The van der Waals surface area contributed by atoms with Crippen molar-refractivity contribution in [1.82, 2.24) is 4.90 Å². The second kappa shape index (κ2) is 15.2. The third-order valence-corrected chi connectivity index (χ3v) is 9.12. The Bertz CT molecular complexity index is 1870. The molecular weight excluding hydrogens is 621 g/mol. The number of aliphatic carboxylic acids is 1. The van der Waals surface area contributed by atoms with E-state index in [2.05, 4.69) is 0 Å². The van der Waals surface area contributed by atoms with Gasteiger partial charge in [-0.05, 0) is 98.2 Å². The van der Waals surface area contributed by atoms with Gasteiger partial charge in [-0.2, -0.15) is 0 Å². The number of nitrogens with zero attached hydrogens (tertiary/aromatic N) is 1. The molecule has 5 atom stereocenters. The van der Waals surface area contributed by atoms with Crippen LogP contribution in [0.15, 0.2) is 66.7 Å². The van der Waals surface area contributed by atoms with Crippen molar-refractivity contribution < 1.29 is 73.7 Å². The third-order valence-electron chi connectivity index (χ3n) is 7.92. The molecule has 0 bridgehead atoms. The van der Waals surface area contributed by atoms with E-state index in [1.165, 1.54) is 64.8 Å². The molecule has 3 aromatic carbocycles. The van der Waals surface area contributed by atoms with Gasteiger partial charge in [0.25, 0.3) is 0 Å². The maximum Gasteiger partial charge on any atom is 1.00 e. The molecule has 0 saturated carbocycles. The number of carbonyl (C=O) groups excluding carboxylic acids is 2. The van der Waals surface area contributed by atoms with E-state index in [1.807, 2.05) is 0 Å². The predicted octanol–water partition coefficient (Wildman–Crippen LogP) is -0.690. The van der Waals surface area contributed by atoms with Gasteiger partial charge in [-0.3, -0.25) is 9.69 Å². The largest absolute Gasteiger partial charge is 1.00 e. The number of hydrogen-bond acceptors (Lipinski definition) is 12. The van der Waals surface area contributed by atoms with Crippen molar-refractivity contribution in [1.29, 1.82) is 0 Å². The first-order valence-electron chi connectivity index (χ1n) is 16.7. The first-order valence-corrected chi connectivity index (χ1v) is 15.5. The van der Waals surface area contributed by atoms with E-state index in [-0.39, 0.29) is 41.7 Å². The van der Waals surface area contributed by atoms with Crippen LogP contribution < -0.4 is 33.4 Å². The van der Waals surface area contributed by atoms with Gasteiger partial charge in [0, 0.05) is 35.3 Å². The van der Waals surface area contributed by atoms with Crippen molar-refractivity contribution in [2.75, 3.05) is 26.1 Å². The van der Waals surface area contributed by atoms with Crippen LogP contribution in [0, 0.1) is 0 Å². The van der Waals surface area contributed by atoms with Crippen molar-refractivity contribution >= 4 is 33.2 Å². The van der Waals surface area contributed by atoms with Gasteiger partial charge in [0.05, 0.1) is 8.71 Å². The Morgan fingerprint density at radius 3 is 2.30 bits per heavy atom. The fraction of sp³-hybridized carbons (Fsp3) is 0.353. The molecule has 2 aliphatic heterocycles. The molecule has 0 amide bonds. The second-order valence-electron chi connectivity index (χ2n) is 11.1. The van der Waals surface area contributed by atoms with E-state index >= 15 is 0 Å². The van der Waals surface area contributed by atoms with Crippen LogP contribution in [0.1, 0.15) is 40.7 Å². The number of carboxylic acid groups (broad SMARTS) is 1. The van der Waals surface area contributed by atoms with Gasteiger partial charge in [-0.15, -0.1) is 11.3 Å². The molecule has 4 N–H and O–H groups in total. The Hall–Kier alpha value is -3.44. The summed E-state index contributed by atoms with van der Waals surface area (Å²) >= 11 is 1.22. The summed E-state index contributed by atoms with van der Waals surface area (Å²) in [5.74, 6) is -2.05. The van der Waals surface area contributed by atoms with E-state index in [0.29, 0.717) is 39.2 Å². The fourth-order valence-corrected chi connectivity index (χ4v) is 6.67. The number of aliphatic hydroxyl groups is 3. The molecule has 0 aliphatic carbocycles. The number of aromatic hydroxyl groups is 1.